The van der Waals surface area contributed by atoms with E-state index in [0.29, 0.717) is 26.2 Å². The Morgan fingerprint density at radius 3 is 0.644 bits per heavy atom. The molecule has 0 bridgehead atoms. The molecule has 59 heavy (non-hydrogen) atoms. The molecule has 0 aliphatic rings. The summed E-state index contributed by atoms with van der Waals surface area (Å²) in [4.78, 5) is 0. The summed E-state index contributed by atoms with van der Waals surface area (Å²) in [5.41, 5.74) is 0. The summed E-state index contributed by atoms with van der Waals surface area (Å²) in [5.74, 6) is 0. The topological polar surface area (TPSA) is 0 Å². The van der Waals surface area contributed by atoms with Gasteiger partial charge in [-0.05, 0) is 0 Å². The minimum atomic E-state index is -0.643. The van der Waals surface area contributed by atoms with Crippen LogP contribution in [-0.4, -0.2) is 20.6 Å². The van der Waals surface area contributed by atoms with Crippen LogP contribution in [0.15, 0.2) is 243 Å². The van der Waals surface area contributed by atoms with Crippen molar-refractivity contribution in [1.82, 2.24) is 0 Å². The molecule has 0 saturated carbocycles. The van der Waals surface area contributed by atoms with Crippen LogP contribution in [0.2, 0.25) is 0 Å². The van der Waals surface area contributed by atoms with Crippen molar-refractivity contribution in [2.75, 3.05) is 12.3 Å². The van der Waals surface area contributed by atoms with Gasteiger partial charge in [-0.25, -0.2) is 0 Å². The third-order valence-corrected chi connectivity index (χ3v) is 26.0. The monoisotopic (exact) mass is 928 g/mol. The quantitative estimate of drug-likeness (QED) is 0.0594. The van der Waals surface area contributed by atoms with Crippen molar-refractivity contribution in [2.45, 2.75) is 21.1 Å². The average Bonchev–Trinajstić information content (AvgIpc) is 3.32. The van der Waals surface area contributed by atoms with Crippen LogP contribution in [0.25, 0.3) is 0 Å². The first-order chi connectivity index (χ1) is 29.3. The zero-order chi connectivity index (χ0) is 39.9. The Balaban J connectivity index is 1.25. The van der Waals surface area contributed by atoms with Gasteiger partial charge in [-0.2, -0.15) is 0 Å². The molecule has 5 heteroatoms. The Morgan fingerprint density at radius 2 is 0.441 bits per heavy atom. The van der Waals surface area contributed by atoms with E-state index < -0.39 is 31.7 Å². The van der Waals surface area contributed by atoms with Crippen molar-refractivity contribution >= 4 is 74.1 Å². The molecule has 296 valence electrons. The third-order valence-electron chi connectivity index (χ3n) is 10.3. The van der Waals surface area contributed by atoms with Crippen LogP contribution < -0.4 is 42.4 Å². The summed E-state index contributed by atoms with van der Waals surface area (Å²) < 4.78 is 1.06. The first kappa shape index (κ1) is 41.9. The van der Waals surface area contributed by atoms with Crippen molar-refractivity contribution < 1.29 is 18.0 Å². The van der Waals surface area contributed by atoms with Gasteiger partial charge in [0.25, 0.3) is 0 Å². The van der Waals surface area contributed by atoms with Crippen molar-refractivity contribution in [3.63, 3.8) is 0 Å². The van der Waals surface area contributed by atoms with Gasteiger partial charge < -0.3 is 0 Å². The zero-order valence-corrected chi connectivity index (χ0v) is 38.3. The molecule has 0 amide bonds. The molecule has 0 fully saturated rings. The Labute approximate surface area is 365 Å². The molecule has 8 rings (SSSR count). The molecule has 8 aromatic rings. The van der Waals surface area contributed by atoms with Crippen LogP contribution in [0.5, 0.6) is 0 Å². The maximum absolute atomic E-state index is 2.42. The fourth-order valence-corrected chi connectivity index (χ4v) is 25.8. The van der Waals surface area contributed by atoms with Crippen LogP contribution in [0.1, 0.15) is 12.8 Å². The molecule has 0 nitrogen and oxygen atoms in total. The first-order valence-electron chi connectivity index (χ1n) is 20.4. The van der Waals surface area contributed by atoms with E-state index >= 15 is 0 Å². The predicted octanol–water partition coefficient (Wildman–Crippen LogP) is 11.0. The van der Waals surface area contributed by atoms with Crippen molar-refractivity contribution in [3.05, 3.63) is 243 Å². The van der Waals surface area contributed by atoms with Crippen LogP contribution in [0.4, 0.5) is 0 Å². The molecule has 0 aromatic heterocycles. The molecule has 0 saturated heterocycles. The van der Waals surface area contributed by atoms with Crippen molar-refractivity contribution in [2.24, 2.45) is 0 Å². The second kappa shape index (κ2) is 22.1. The third kappa shape index (κ3) is 11.3. The number of benzene rings is 8. The number of hydrogen-bond acceptors (Lipinski definition) is 0. The van der Waals surface area contributed by atoms with E-state index in [1.807, 2.05) is 0 Å². The fourth-order valence-electron chi connectivity index (χ4n) is 7.56. The van der Waals surface area contributed by atoms with Gasteiger partial charge in [0, 0.05) is 0 Å². The van der Waals surface area contributed by atoms with Gasteiger partial charge in [0.2, 0.25) is 0 Å². The molecule has 0 heterocycles. The van der Waals surface area contributed by atoms with E-state index in [-0.39, 0.29) is 0 Å². The van der Waals surface area contributed by atoms with Crippen LogP contribution >= 0.6 is 31.7 Å². The normalized spacial score (nSPS) is 12.6. The molecule has 0 aliphatic heterocycles. The van der Waals surface area contributed by atoms with E-state index in [0.717, 1.165) is 0 Å². The van der Waals surface area contributed by atoms with Crippen molar-refractivity contribution in [3.8, 4) is 0 Å². The Morgan fingerprint density at radius 1 is 0.254 bits per heavy atom. The van der Waals surface area contributed by atoms with Crippen LogP contribution in [-0.2, 0) is 18.0 Å². The number of hydrogen-bond donors (Lipinski definition) is 0. The Bertz CT molecular complexity index is 2040. The average molecular weight is 929 g/mol. The maximum atomic E-state index is 2.42. The van der Waals surface area contributed by atoms with E-state index in [4.69, 9.17) is 0 Å². The van der Waals surface area contributed by atoms with Gasteiger partial charge in [-0.15, -0.1) is 0 Å². The second-order valence-electron chi connectivity index (χ2n) is 14.2. The second-order valence-corrected chi connectivity index (χ2v) is 27.7. The van der Waals surface area contributed by atoms with E-state index in [9.17, 15) is 0 Å². The van der Waals surface area contributed by atoms with E-state index in [1.165, 1.54) is 67.6 Å². The fraction of sp³-hybridized carbons (Fsp3) is 0.111. The molecule has 0 radical (unpaired) electrons. The first-order valence-corrected chi connectivity index (χ1v) is 28.1. The predicted molar refractivity (Wildman–Crippen MR) is 263 cm³/mol. The summed E-state index contributed by atoms with van der Waals surface area (Å²) >= 11 is 0.477. The zero-order valence-electron chi connectivity index (χ0n) is 33.2. The minimum absolute atomic E-state index is 0.477. The van der Waals surface area contributed by atoms with Gasteiger partial charge in [-0.3, -0.25) is 0 Å². The van der Waals surface area contributed by atoms with Gasteiger partial charge in [0.05, 0.1) is 0 Å². The Hall–Kier alpha value is -3.86. The van der Waals surface area contributed by atoms with E-state index in [1.54, 1.807) is 0 Å². The summed E-state index contributed by atoms with van der Waals surface area (Å²) in [6.45, 7) is 0. The SMILES string of the molecule is c1ccc(P(CC[CH]([Pd][CH](CCP(c2ccccc2)c2ccccc2)P(c2ccccc2)c2ccccc2)P(c2ccccc2)c2ccccc2)c2ccccc2)cc1. The van der Waals surface area contributed by atoms with Gasteiger partial charge in [0.1, 0.15) is 0 Å². The Kier molecular flexibility index (Phi) is 15.7. The molecule has 2 atom stereocenters. The molecular formula is C54H50P4Pd. The molecule has 8 aromatic carbocycles. The summed E-state index contributed by atoms with van der Waals surface area (Å²) in [7, 11) is -2.34. The summed E-state index contributed by atoms with van der Waals surface area (Å²) in [6.07, 6.45) is 4.73. The molecule has 0 N–H and O–H groups in total. The van der Waals surface area contributed by atoms with Gasteiger partial charge in [-0.1, -0.05) is 0 Å². The van der Waals surface area contributed by atoms with Crippen LogP contribution in [0.3, 0.4) is 0 Å². The summed E-state index contributed by atoms with van der Waals surface area (Å²) in [6, 6.07) is 91.8. The van der Waals surface area contributed by atoms with E-state index in [2.05, 4.69) is 243 Å². The van der Waals surface area contributed by atoms with Crippen LogP contribution in [0, 0.1) is 0 Å². The molecule has 2 unspecified atom stereocenters. The number of rotatable bonds is 18. The van der Waals surface area contributed by atoms with Gasteiger partial charge in [0.15, 0.2) is 0 Å². The molecule has 0 aliphatic carbocycles. The summed E-state index contributed by atoms with van der Waals surface area (Å²) in [5, 5.41) is 11.9. The molecule has 0 spiro atoms. The van der Waals surface area contributed by atoms with Gasteiger partial charge >= 0.3 is 368 Å². The van der Waals surface area contributed by atoms with Crippen molar-refractivity contribution in [1.29, 1.82) is 0 Å². The molecular weight excluding hydrogens is 879 g/mol. The standard InChI is InChI=1S/2C27H25P2.Pd/c2*1-5-14-24(15-6-1)28(25-16-7-2-8-17-25)22-13-23-29(26-18-9-3-10-19-26)27-20-11-4-12-21-27;/h2*1-12,14-22H,13,23H2;.